The summed E-state index contributed by atoms with van der Waals surface area (Å²) in [6.07, 6.45) is 1.65. The average molecular weight is 393 g/mol. The number of ether oxygens (including phenoxy) is 1. The minimum absolute atomic E-state index is 0.262. The molecule has 4 aromatic rings. The van der Waals surface area contributed by atoms with Gasteiger partial charge in [0.1, 0.15) is 5.56 Å². The number of halogens is 1. The van der Waals surface area contributed by atoms with Crippen molar-refractivity contribution < 1.29 is 9.53 Å². The monoisotopic (exact) mass is 392 g/mol. The molecule has 0 aliphatic carbocycles. The van der Waals surface area contributed by atoms with E-state index in [1.807, 2.05) is 60.7 Å². The van der Waals surface area contributed by atoms with Gasteiger partial charge in [0, 0.05) is 22.5 Å². The van der Waals surface area contributed by atoms with Crippen LogP contribution < -0.4 is 5.32 Å². The summed E-state index contributed by atoms with van der Waals surface area (Å²) in [5.41, 5.74) is 3.21. The number of nitrogens with zero attached hydrogens (tertiary/aromatic N) is 3. The highest BCUT2D eigenvalue weighted by atomic mass is 35.5. The summed E-state index contributed by atoms with van der Waals surface area (Å²) in [7, 11) is 0. The number of hydrogen-bond donors (Lipinski definition) is 1. The fourth-order valence-electron chi connectivity index (χ4n) is 2.92. The molecule has 4 rings (SSSR count). The maximum Gasteiger partial charge on any atom is 0.345 e. The molecule has 0 spiro atoms. The number of hydrogen-bond acceptors (Lipinski definition) is 5. The molecule has 2 heterocycles. The molecular formula is C21H17ClN4O2. The molecule has 0 saturated heterocycles. The van der Waals surface area contributed by atoms with Gasteiger partial charge in [-0.1, -0.05) is 41.9 Å². The van der Waals surface area contributed by atoms with Crippen molar-refractivity contribution in [3.05, 3.63) is 77.4 Å². The van der Waals surface area contributed by atoms with Crippen LogP contribution in [0, 0.1) is 0 Å². The Bertz CT molecular complexity index is 1120. The molecule has 0 fully saturated rings. The third kappa shape index (κ3) is 3.42. The summed E-state index contributed by atoms with van der Waals surface area (Å²) < 4.78 is 6.88. The third-order valence-electron chi connectivity index (χ3n) is 4.17. The van der Waals surface area contributed by atoms with Gasteiger partial charge in [0.2, 0.25) is 0 Å². The number of esters is 1. The average Bonchev–Trinajstić information content (AvgIpc) is 3.07. The highest BCUT2D eigenvalue weighted by molar-refractivity contribution is 6.30. The van der Waals surface area contributed by atoms with Crippen LogP contribution in [0.25, 0.3) is 16.9 Å². The molecule has 2 aromatic carbocycles. The lowest BCUT2D eigenvalue weighted by Crippen LogP contribution is -2.07. The Labute approximate surface area is 166 Å². The lowest BCUT2D eigenvalue weighted by Gasteiger charge is -2.05. The molecule has 0 atom stereocenters. The number of carbonyl (C=O) groups excluding carboxylic acids is 1. The summed E-state index contributed by atoms with van der Waals surface area (Å²) in [5, 5.41) is 8.46. The minimum atomic E-state index is -0.475. The largest absolute Gasteiger partial charge is 0.462 e. The van der Waals surface area contributed by atoms with Crippen LogP contribution in [0.2, 0.25) is 5.02 Å². The molecular weight excluding hydrogens is 376 g/mol. The zero-order valence-corrected chi connectivity index (χ0v) is 15.8. The second kappa shape index (κ2) is 7.70. The molecule has 0 saturated carbocycles. The zero-order valence-electron chi connectivity index (χ0n) is 15.1. The Morgan fingerprint density at radius 3 is 2.57 bits per heavy atom. The van der Waals surface area contributed by atoms with Gasteiger partial charge < -0.3 is 10.1 Å². The van der Waals surface area contributed by atoms with Crippen LogP contribution in [-0.4, -0.2) is 27.2 Å². The van der Waals surface area contributed by atoms with Crippen molar-refractivity contribution in [1.82, 2.24) is 14.6 Å². The second-order valence-electron chi connectivity index (χ2n) is 6.01. The van der Waals surface area contributed by atoms with Crippen LogP contribution in [0.4, 0.5) is 11.5 Å². The Morgan fingerprint density at radius 2 is 1.86 bits per heavy atom. The predicted molar refractivity (Wildman–Crippen MR) is 109 cm³/mol. The van der Waals surface area contributed by atoms with Crippen molar-refractivity contribution in [3.63, 3.8) is 0 Å². The summed E-state index contributed by atoms with van der Waals surface area (Å²) in [5.74, 6) is -0.0877. The molecule has 0 radical (unpaired) electrons. The molecule has 0 aliphatic rings. The molecule has 6 nitrogen and oxygen atoms in total. The Balaban J connectivity index is 1.89. The van der Waals surface area contributed by atoms with Gasteiger partial charge in [0.15, 0.2) is 11.5 Å². The summed E-state index contributed by atoms with van der Waals surface area (Å²) in [6.45, 7) is 2.03. The number of rotatable bonds is 5. The number of aromatic nitrogens is 3. The number of para-hydroxylation sites is 1. The van der Waals surface area contributed by atoms with Crippen LogP contribution in [-0.2, 0) is 4.74 Å². The molecule has 0 bridgehead atoms. The second-order valence-corrected chi connectivity index (χ2v) is 6.44. The number of carbonyl (C=O) groups is 1. The Hall–Kier alpha value is -3.38. The minimum Gasteiger partial charge on any atom is -0.462 e. The van der Waals surface area contributed by atoms with Crippen LogP contribution in [0.3, 0.4) is 0 Å². The van der Waals surface area contributed by atoms with Gasteiger partial charge in [0.25, 0.3) is 0 Å². The summed E-state index contributed by atoms with van der Waals surface area (Å²) in [4.78, 5) is 17.0. The van der Waals surface area contributed by atoms with Gasteiger partial charge in [-0.25, -0.2) is 14.3 Å². The Morgan fingerprint density at radius 1 is 1.11 bits per heavy atom. The molecule has 0 amide bonds. The molecule has 28 heavy (non-hydrogen) atoms. The van der Waals surface area contributed by atoms with Crippen LogP contribution in [0.5, 0.6) is 0 Å². The van der Waals surface area contributed by atoms with E-state index in [0.717, 1.165) is 16.9 Å². The lowest BCUT2D eigenvalue weighted by atomic mass is 10.1. The van der Waals surface area contributed by atoms with Gasteiger partial charge >= 0.3 is 5.97 Å². The van der Waals surface area contributed by atoms with E-state index in [4.69, 9.17) is 16.3 Å². The van der Waals surface area contributed by atoms with E-state index < -0.39 is 5.97 Å². The van der Waals surface area contributed by atoms with E-state index >= 15 is 0 Å². The van der Waals surface area contributed by atoms with Gasteiger partial charge in [-0.05, 0) is 37.3 Å². The topological polar surface area (TPSA) is 68.5 Å². The third-order valence-corrected chi connectivity index (χ3v) is 4.43. The van der Waals surface area contributed by atoms with Gasteiger partial charge in [0.05, 0.1) is 12.3 Å². The maximum atomic E-state index is 12.7. The number of benzene rings is 2. The smallest absolute Gasteiger partial charge is 0.345 e. The molecule has 7 heteroatoms. The molecule has 0 aliphatic heterocycles. The van der Waals surface area contributed by atoms with Crippen LogP contribution in [0.1, 0.15) is 17.3 Å². The fourth-order valence-corrected chi connectivity index (χ4v) is 3.05. The zero-order chi connectivity index (χ0) is 19.5. The van der Waals surface area contributed by atoms with E-state index in [0.29, 0.717) is 22.1 Å². The van der Waals surface area contributed by atoms with E-state index in [9.17, 15) is 4.79 Å². The molecule has 2 aromatic heterocycles. The molecule has 1 N–H and O–H groups in total. The lowest BCUT2D eigenvalue weighted by molar-refractivity contribution is 0.0529. The summed E-state index contributed by atoms with van der Waals surface area (Å²) in [6, 6.07) is 18.8. The maximum absolute atomic E-state index is 12.7. The van der Waals surface area contributed by atoms with Gasteiger partial charge in [-0.15, -0.1) is 5.10 Å². The first-order valence-electron chi connectivity index (χ1n) is 8.80. The number of nitrogens with one attached hydrogen (secondary N) is 1. The van der Waals surface area contributed by atoms with E-state index in [1.165, 1.54) is 0 Å². The quantitative estimate of drug-likeness (QED) is 0.485. The first-order valence-corrected chi connectivity index (χ1v) is 9.18. The van der Waals surface area contributed by atoms with Crippen LogP contribution >= 0.6 is 11.6 Å². The fraction of sp³-hybridized carbons (Fsp3) is 0.0952. The first-order chi connectivity index (χ1) is 13.7. The Kier molecular flexibility index (Phi) is 4.95. The first kappa shape index (κ1) is 18.0. The summed E-state index contributed by atoms with van der Waals surface area (Å²) >= 11 is 6.01. The van der Waals surface area contributed by atoms with E-state index in [2.05, 4.69) is 15.4 Å². The van der Waals surface area contributed by atoms with Crippen molar-refractivity contribution in [2.24, 2.45) is 0 Å². The normalized spacial score (nSPS) is 10.8. The van der Waals surface area contributed by atoms with E-state index in [-0.39, 0.29) is 6.61 Å². The van der Waals surface area contributed by atoms with Crippen molar-refractivity contribution in [2.45, 2.75) is 6.92 Å². The highest BCUT2D eigenvalue weighted by Crippen LogP contribution is 2.28. The molecule has 140 valence electrons. The van der Waals surface area contributed by atoms with Crippen molar-refractivity contribution in [1.29, 1.82) is 0 Å². The number of anilines is 2. The van der Waals surface area contributed by atoms with E-state index in [1.54, 1.807) is 17.6 Å². The van der Waals surface area contributed by atoms with Crippen molar-refractivity contribution in [2.75, 3.05) is 11.9 Å². The highest BCUT2D eigenvalue weighted by Gasteiger charge is 2.24. The van der Waals surface area contributed by atoms with Crippen molar-refractivity contribution in [3.8, 4) is 11.3 Å². The van der Waals surface area contributed by atoms with Crippen molar-refractivity contribution >= 4 is 34.7 Å². The number of fused-ring (bicyclic) bond motifs is 1. The van der Waals surface area contributed by atoms with Gasteiger partial charge in [-0.2, -0.15) is 0 Å². The molecule has 0 unspecified atom stereocenters. The van der Waals surface area contributed by atoms with Gasteiger partial charge in [-0.3, -0.25) is 0 Å². The standard InChI is InChI=1S/C21H17ClN4O2/c1-2-28-21(27)18-19(24-16-6-4-3-5-7-16)25-26-17(12-13-23-20(18)26)14-8-10-15(22)11-9-14/h3-13H,2H2,1H3,(H,24,25). The SMILES string of the molecule is CCOC(=O)c1c(Nc2ccccc2)nn2c(-c3ccc(Cl)cc3)ccnc12. The predicted octanol–water partition coefficient (Wildman–Crippen LogP) is 4.97. The van der Waals surface area contributed by atoms with Crippen LogP contribution in [0.15, 0.2) is 66.9 Å².